The maximum atomic E-state index is 13.2. The third-order valence-electron chi connectivity index (χ3n) is 5.74. The number of rotatable bonds is 8. The highest BCUT2D eigenvalue weighted by Crippen LogP contribution is 2.35. The lowest BCUT2D eigenvalue weighted by atomic mass is 10.1. The molecule has 1 aromatic heterocycles. The molecule has 2 aromatic carbocycles. The van der Waals surface area contributed by atoms with E-state index in [-0.39, 0.29) is 24.7 Å². The Labute approximate surface area is 231 Å². The van der Waals surface area contributed by atoms with Gasteiger partial charge in [0.2, 0.25) is 0 Å². The number of methoxy groups -OCH3 is 1. The minimum atomic E-state index is -0.550. The first-order chi connectivity index (χ1) is 18.1. The first-order valence-electron chi connectivity index (χ1n) is 12.2. The molecule has 202 valence electrons. The van der Waals surface area contributed by atoms with Gasteiger partial charge in [-0.05, 0) is 68.7 Å². The number of hydrogen-bond donors (Lipinski definition) is 2. The van der Waals surface area contributed by atoms with E-state index in [9.17, 15) is 14.7 Å². The lowest BCUT2D eigenvalue weighted by molar-refractivity contribution is -0.0226. The summed E-state index contributed by atoms with van der Waals surface area (Å²) in [5.74, 6) is 0.699. The molecule has 0 atom stereocenters. The van der Waals surface area contributed by atoms with Gasteiger partial charge in [-0.1, -0.05) is 23.7 Å². The smallest absolute Gasteiger partial charge is 0.410 e. The van der Waals surface area contributed by atoms with Crippen LogP contribution in [0.3, 0.4) is 0 Å². The van der Waals surface area contributed by atoms with E-state index in [1.54, 1.807) is 35.2 Å². The number of carbonyl (C=O) groups is 2. The van der Waals surface area contributed by atoms with Crippen molar-refractivity contribution in [1.29, 1.82) is 0 Å². The molecule has 1 saturated heterocycles. The molecule has 0 unspecified atom stereocenters. The molecule has 0 bridgehead atoms. The Hall–Kier alpha value is -3.27. The fraction of sp³-hybridized carbons (Fsp3) is 0.357. The van der Waals surface area contributed by atoms with Crippen molar-refractivity contribution in [3.05, 3.63) is 64.0 Å². The van der Waals surface area contributed by atoms with Crippen molar-refractivity contribution >= 4 is 40.6 Å². The summed E-state index contributed by atoms with van der Waals surface area (Å²) in [6, 6.07) is 14.5. The highest BCUT2D eigenvalue weighted by atomic mass is 35.5. The van der Waals surface area contributed by atoms with E-state index in [0.717, 1.165) is 16.0 Å². The Balaban J connectivity index is 1.42. The van der Waals surface area contributed by atoms with Gasteiger partial charge in [0.1, 0.15) is 11.7 Å². The summed E-state index contributed by atoms with van der Waals surface area (Å²) >= 11 is 7.37. The molecule has 10 heteroatoms. The number of hydrogen-bond acceptors (Lipinski definition) is 7. The van der Waals surface area contributed by atoms with Gasteiger partial charge in [0, 0.05) is 28.3 Å². The van der Waals surface area contributed by atoms with E-state index in [4.69, 9.17) is 25.8 Å². The van der Waals surface area contributed by atoms with Crippen LogP contribution in [-0.2, 0) is 11.2 Å². The van der Waals surface area contributed by atoms with Crippen molar-refractivity contribution in [2.24, 2.45) is 0 Å². The van der Waals surface area contributed by atoms with E-state index in [2.05, 4.69) is 5.32 Å². The number of aliphatic hydroxyl groups is 1. The van der Waals surface area contributed by atoms with Crippen molar-refractivity contribution in [1.82, 2.24) is 4.90 Å². The number of ether oxygens (including phenoxy) is 3. The second-order valence-corrected chi connectivity index (χ2v) is 11.4. The van der Waals surface area contributed by atoms with Crippen LogP contribution in [0, 0.1) is 0 Å². The highest BCUT2D eigenvalue weighted by molar-refractivity contribution is 7.17. The molecule has 2 heterocycles. The zero-order chi connectivity index (χ0) is 27.4. The molecular weight excluding hydrogens is 528 g/mol. The van der Waals surface area contributed by atoms with Crippen LogP contribution in [0.5, 0.6) is 11.5 Å². The standard InChI is InChI=1S/C28H31ClN2O6S/c1-28(2,3)37-27(34)31-15-21(16-31)36-22-10-9-20(14-23(22)35-4)30-26(33)25-18(11-12-32)13-24(38-25)17-5-7-19(29)8-6-17/h5-10,13-14,21,32H,11-12,15-16H2,1-4H3,(H,30,33). The van der Waals surface area contributed by atoms with Crippen LogP contribution >= 0.6 is 22.9 Å². The zero-order valence-electron chi connectivity index (χ0n) is 21.7. The molecule has 4 rings (SSSR count). The number of benzene rings is 2. The third kappa shape index (κ3) is 6.78. The van der Waals surface area contributed by atoms with Crippen LogP contribution in [0.4, 0.5) is 10.5 Å². The van der Waals surface area contributed by atoms with Gasteiger partial charge in [-0.15, -0.1) is 11.3 Å². The number of amides is 2. The van der Waals surface area contributed by atoms with E-state index in [0.29, 0.717) is 46.6 Å². The molecule has 3 aromatic rings. The largest absolute Gasteiger partial charge is 0.493 e. The third-order valence-corrected chi connectivity index (χ3v) is 7.22. The summed E-state index contributed by atoms with van der Waals surface area (Å²) in [5.41, 5.74) is 1.71. The minimum absolute atomic E-state index is 0.0660. The number of nitrogens with zero attached hydrogens (tertiary/aromatic N) is 1. The maximum Gasteiger partial charge on any atom is 0.410 e. The Kier molecular flexibility index (Phi) is 8.50. The van der Waals surface area contributed by atoms with E-state index < -0.39 is 5.60 Å². The summed E-state index contributed by atoms with van der Waals surface area (Å²) in [7, 11) is 1.53. The fourth-order valence-electron chi connectivity index (χ4n) is 3.88. The van der Waals surface area contributed by atoms with Crippen LogP contribution in [0.1, 0.15) is 36.0 Å². The number of thiophene rings is 1. The van der Waals surface area contributed by atoms with Crippen LogP contribution in [0.15, 0.2) is 48.5 Å². The molecule has 2 amide bonds. The predicted octanol–water partition coefficient (Wildman–Crippen LogP) is 5.86. The van der Waals surface area contributed by atoms with E-state index in [1.165, 1.54) is 18.4 Å². The molecular formula is C28H31ClN2O6S. The van der Waals surface area contributed by atoms with Gasteiger partial charge in [0.15, 0.2) is 11.5 Å². The van der Waals surface area contributed by atoms with Crippen molar-refractivity contribution in [3.8, 4) is 21.9 Å². The summed E-state index contributed by atoms with van der Waals surface area (Å²) in [5, 5.41) is 13.1. The lowest BCUT2D eigenvalue weighted by Gasteiger charge is -2.39. The molecule has 0 aliphatic carbocycles. The average Bonchev–Trinajstić information content (AvgIpc) is 3.25. The van der Waals surface area contributed by atoms with Crippen molar-refractivity contribution in [2.75, 3.05) is 32.1 Å². The number of nitrogens with one attached hydrogen (secondary N) is 1. The quantitative estimate of drug-likeness (QED) is 0.359. The normalized spacial score (nSPS) is 13.6. The van der Waals surface area contributed by atoms with Crippen molar-refractivity contribution in [3.63, 3.8) is 0 Å². The van der Waals surface area contributed by atoms with Crippen LogP contribution in [-0.4, -0.2) is 60.5 Å². The topological polar surface area (TPSA) is 97.3 Å². The number of likely N-dealkylation sites (tertiary alicyclic amines) is 1. The highest BCUT2D eigenvalue weighted by Gasteiger charge is 2.35. The minimum Gasteiger partial charge on any atom is -0.493 e. The maximum absolute atomic E-state index is 13.2. The fourth-order valence-corrected chi connectivity index (χ4v) is 5.12. The summed E-state index contributed by atoms with van der Waals surface area (Å²) in [6.45, 7) is 6.25. The van der Waals surface area contributed by atoms with Gasteiger partial charge >= 0.3 is 6.09 Å². The van der Waals surface area contributed by atoms with Gasteiger partial charge in [0.05, 0.1) is 25.1 Å². The van der Waals surface area contributed by atoms with E-state index in [1.807, 2.05) is 39.0 Å². The second-order valence-electron chi connectivity index (χ2n) is 9.89. The molecule has 1 fully saturated rings. The number of carbonyl (C=O) groups excluding carboxylic acids is 2. The Morgan fingerprint density at radius 1 is 1.11 bits per heavy atom. The first-order valence-corrected chi connectivity index (χ1v) is 13.4. The van der Waals surface area contributed by atoms with Crippen LogP contribution < -0.4 is 14.8 Å². The zero-order valence-corrected chi connectivity index (χ0v) is 23.3. The molecule has 1 aliphatic rings. The van der Waals surface area contributed by atoms with Gasteiger partial charge in [-0.25, -0.2) is 4.79 Å². The van der Waals surface area contributed by atoms with Gasteiger partial charge in [-0.2, -0.15) is 0 Å². The van der Waals surface area contributed by atoms with Crippen LogP contribution in [0.2, 0.25) is 5.02 Å². The SMILES string of the molecule is COc1cc(NC(=O)c2sc(-c3ccc(Cl)cc3)cc2CCO)ccc1OC1CN(C(=O)OC(C)(C)C)C1. The summed E-state index contributed by atoms with van der Waals surface area (Å²) in [6.07, 6.45) is -0.184. The number of halogens is 1. The monoisotopic (exact) mass is 558 g/mol. The second kappa shape index (κ2) is 11.6. The van der Waals surface area contributed by atoms with E-state index >= 15 is 0 Å². The molecule has 0 radical (unpaired) electrons. The number of aliphatic hydroxyl groups excluding tert-OH is 1. The lowest BCUT2D eigenvalue weighted by Crippen LogP contribution is -2.57. The Bertz CT molecular complexity index is 1300. The molecule has 0 saturated carbocycles. The van der Waals surface area contributed by atoms with Gasteiger partial charge in [-0.3, -0.25) is 4.79 Å². The Morgan fingerprint density at radius 3 is 2.45 bits per heavy atom. The summed E-state index contributed by atoms with van der Waals surface area (Å²) < 4.78 is 16.9. The van der Waals surface area contributed by atoms with Crippen molar-refractivity contribution in [2.45, 2.75) is 38.9 Å². The van der Waals surface area contributed by atoms with Crippen molar-refractivity contribution < 1.29 is 28.9 Å². The summed E-state index contributed by atoms with van der Waals surface area (Å²) in [4.78, 5) is 28.4. The Morgan fingerprint density at radius 2 is 1.82 bits per heavy atom. The van der Waals surface area contributed by atoms with Crippen LogP contribution in [0.25, 0.3) is 10.4 Å². The predicted molar refractivity (Wildman–Crippen MR) is 149 cm³/mol. The molecule has 0 spiro atoms. The first kappa shape index (κ1) is 27.8. The van der Waals surface area contributed by atoms with Gasteiger partial charge in [0.25, 0.3) is 5.91 Å². The van der Waals surface area contributed by atoms with Gasteiger partial charge < -0.3 is 29.5 Å². The molecule has 8 nitrogen and oxygen atoms in total. The molecule has 2 N–H and O–H groups in total. The molecule has 1 aliphatic heterocycles. The molecule has 38 heavy (non-hydrogen) atoms. The number of anilines is 1. The average molecular weight is 559 g/mol.